The van der Waals surface area contributed by atoms with E-state index in [4.69, 9.17) is 14.0 Å². The first-order chi connectivity index (χ1) is 17.9. The number of fused-ring (bicyclic) bond motifs is 1. The molecule has 3 atom stereocenters. The van der Waals surface area contributed by atoms with Crippen LogP contribution >= 0.6 is 0 Å². The molecule has 5 rings (SSSR count). The number of amides is 1. The van der Waals surface area contributed by atoms with Gasteiger partial charge in [-0.05, 0) is 82.2 Å². The van der Waals surface area contributed by atoms with E-state index < -0.39 is 66.1 Å². The smallest absolute Gasteiger partial charge is 0.439 e. The Morgan fingerprint density at radius 1 is 0.872 bits per heavy atom. The molecule has 3 fully saturated rings. The van der Waals surface area contributed by atoms with Gasteiger partial charge in [-0.25, -0.2) is 4.79 Å². The molecule has 0 radical (unpaired) electrons. The first-order valence-electron chi connectivity index (χ1n) is 12.6. The molecule has 12 heteroatoms. The molecular formula is C27H28BF6NO4. The van der Waals surface area contributed by atoms with Crippen LogP contribution in [0, 0.1) is 6.92 Å². The van der Waals surface area contributed by atoms with Gasteiger partial charge >= 0.3 is 25.6 Å². The van der Waals surface area contributed by atoms with Gasteiger partial charge in [-0.1, -0.05) is 23.8 Å². The van der Waals surface area contributed by atoms with Crippen molar-refractivity contribution in [1.29, 1.82) is 0 Å². The van der Waals surface area contributed by atoms with Gasteiger partial charge < -0.3 is 14.0 Å². The molecule has 0 saturated carbocycles. The molecule has 3 aliphatic rings. The van der Waals surface area contributed by atoms with Crippen molar-refractivity contribution in [3.8, 4) is 0 Å². The van der Waals surface area contributed by atoms with Crippen LogP contribution in [0.2, 0.25) is 0 Å². The zero-order valence-corrected chi connectivity index (χ0v) is 22.0. The van der Waals surface area contributed by atoms with E-state index >= 15 is 0 Å². The van der Waals surface area contributed by atoms with Crippen molar-refractivity contribution in [2.24, 2.45) is 0 Å². The molecule has 0 bridgehead atoms. The van der Waals surface area contributed by atoms with Gasteiger partial charge in [0.05, 0.1) is 34.4 Å². The minimum Gasteiger partial charge on any atom is -0.439 e. The van der Waals surface area contributed by atoms with Gasteiger partial charge in [0.15, 0.2) is 0 Å². The Bertz CT molecular complexity index is 1260. The second kappa shape index (κ2) is 8.89. The average molecular weight is 555 g/mol. The van der Waals surface area contributed by atoms with Crippen molar-refractivity contribution in [2.45, 2.75) is 89.2 Å². The molecule has 0 aliphatic carbocycles. The number of ether oxygens (including phenoxy) is 1. The van der Waals surface area contributed by atoms with Gasteiger partial charge in [0, 0.05) is 0 Å². The maximum absolute atomic E-state index is 13.5. The molecule has 1 amide bonds. The van der Waals surface area contributed by atoms with Gasteiger partial charge in [-0.3, -0.25) is 4.90 Å². The summed E-state index contributed by atoms with van der Waals surface area (Å²) < 4.78 is 98.8. The monoisotopic (exact) mass is 555 g/mol. The molecule has 39 heavy (non-hydrogen) atoms. The van der Waals surface area contributed by atoms with Crippen LogP contribution in [0.5, 0.6) is 0 Å². The fraction of sp³-hybridized carbons (Fsp3) is 0.519. The van der Waals surface area contributed by atoms with E-state index in [1.54, 1.807) is 0 Å². The first-order valence-corrected chi connectivity index (χ1v) is 12.6. The van der Waals surface area contributed by atoms with Gasteiger partial charge in [-0.2, -0.15) is 26.3 Å². The van der Waals surface area contributed by atoms with Crippen LogP contribution in [-0.4, -0.2) is 35.4 Å². The van der Waals surface area contributed by atoms with Gasteiger partial charge in [0.25, 0.3) is 0 Å². The SMILES string of the molecule is Cc1ccc(B2OC(C)(C)C(C)(C)O2)c([C@@H]2CC[C@H]3[C@@H](c4cc(C(F)(F)F)cc(C(F)(F)F)c4)OC(=O)N23)c1. The lowest BCUT2D eigenvalue weighted by atomic mass is 9.73. The summed E-state index contributed by atoms with van der Waals surface area (Å²) in [5.74, 6) is 0. The summed E-state index contributed by atoms with van der Waals surface area (Å²) in [6, 6.07) is 5.73. The van der Waals surface area contributed by atoms with Crippen molar-refractivity contribution in [2.75, 3.05) is 0 Å². The number of halogens is 6. The topological polar surface area (TPSA) is 48.0 Å². The maximum Gasteiger partial charge on any atom is 0.495 e. The highest BCUT2D eigenvalue weighted by Crippen LogP contribution is 2.49. The molecule has 2 aromatic carbocycles. The van der Waals surface area contributed by atoms with E-state index in [1.165, 1.54) is 4.90 Å². The van der Waals surface area contributed by atoms with Crippen LogP contribution in [-0.2, 0) is 26.4 Å². The average Bonchev–Trinajstić information content (AvgIpc) is 3.44. The van der Waals surface area contributed by atoms with E-state index in [9.17, 15) is 31.1 Å². The summed E-state index contributed by atoms with van der Waals surface area (Å²) in [5, 5.41) is 0. The van der Waals surface area contributed by atoms with E-state index in [-0.39, 0.29) is 11.6 Å². The predicted molar refractivity (Wildman–Crippen MR) is 130 cm³/mol. The molecule has 3 aliphatic heterocycles. The van der Waals surface area contributed by atoms with Gasteiger partial charge in [0.2, 0.25) is 0 Å². The van der Waals surface area contributed by atoms with Gasteiger partial charge in [-0.15, -0.1) is 0 Å². The quantitative estimate of drug-likeness (QED) is 0.312. The highest BCUT2D eigenvalue weighted by Gasteiger charge is 2.55. The molecule has 210 valence electrons. The lowest BCUT2D eigenvalue weighted by Crippen LogP contribution is -2.41. The number of benzene rings is 2. The second-order valence-corrected chi connectivity index (χ2v) is 11.4. The number of hydrogen-bond donors (Lipinski definition) is 0. The summed E-state index contributed by atoms with van der Waals surface area (Å²) in [4.78, 5) is 14.5. The Labute approximate surface area is 222 Å². The summed E-state index contributed by atoms with van der Waals surface area (Å²) in [7, 11) is -0.725. The summed E-state index contributed by atoms with van der Waals surface area (Å²) in [5.41, 5.74) is -2.10. The minimum atomic E-state index is -5.00. The van der Waals surface area contributed by atoms with E-state index in [0.29, 0.717) is 30.4 Å². The second-order valence-electron chi connectivity index (χ2n) is 11.4. The minimum absolute atomic E-state index is 0.0686. The Kier molecular flexibility index (Phi) is 6.34. The summed E-state index contributed by atoms with van der Waals surface area (Å²) in [6.07, 6.45) is -11.3. The van der Waals surface area contributed by atoms with Crippen LogP contribution in [0.25, 0.3) is 0 Å². The lowest BCUT2D eigenvalue weighted by Gasteiger charge is -2.32. The molecule has 0 spiro atoms. The molecule has 0 unspecified atom stereocenters. The van der Waals surface area contributed by atoms with Crippen LogP contribution in [0.3, 0.4) is 0 Å². The largest absolute Gasteiger partial charge is 0.495 e. The predicted octanol–water partition coefficient (Wildman–Crippen LogP) is 6.73. The number of aryl methyl sites for hydroxylation is 1. The van der Waals surface area contributed by atoms with Crippen LogP contribution in [0.1, 0.15) is 80.5 Å². The van der Waals surface area contributed by atoms with E-state index in [2.05, 4.69) is 0 Å². The summed E-state index contributed by atoms with van der Waals surface area (Å²) >= 11 is 0. The Balaban J connectivity index is 1.51. The van der Waals surface area contributed by atoms with E-state index in [1.807, 2.05) is 52.8 Å². The number of nitrogens with zero attached hydrogens (tertiary/aromatic N) is 1. The Morgan fingerprint density at radius 2 is 1.44 bits per heavy atom. The molecule has 3 saturated heterocycles. The Hall–Kier alpha value is -2.73. The fourth-order valence-corrected chi connectivity index (χ4v) is 5.55. The zero-order chi connectivity index (χ0) is 28.7. The highest BCUT2D eigenvalue weighted by atomic mass is 19.4. The van der Waals surface area contributed by atoms with Crippen molar-refractivity contribution in [3.05, 3.63) is 64.2 Å². The van der Waals surface area contributed by atoms with Gasteiger partial charge in [0.1, 0.15) is 6.10 Å². The number of alkyl halides is 6. The zero-order valence-electron chi connectivity index (χ0n) is 22.0. The van der Waals surface area contributed by atoms with Crippen LogP contribution in [0.4, 0.5) is 31.1 Å². The van der Waals surface area contributed by atoms with Crippen molar-refractivity contribution in [1.82, 2.24) is 4.90 Å². The molecule has 3 heterocycles. The third-order valence-corrected chi connectivity index (χ3v) is 8.26. The third-order valence-electron chi connectivity index (χ3n) is 8.26. The molecule has 0 N–H and O–H groups in total. The number of hydrogen-bond acceptors (Lipinski definition) is 4. The normalized spacial score (nSPS) is 26.2. The molecule has 2 aromatic rings. The van der Waals surface area contributed by atoms with Crippen molar-refractivity contribution in [3.63, 3.8) is 0 Å². The van der Waals surface area contributed by atoms with Crippen molar-refractivity contribution < 1.29 is 45.2 Å². The number of carbonyl (C=O) groups excluding carboxylic acids is 1. The maximum atomic E-state index is 13.5. The number of rotatable bonds is 3. The first kappa shape index (κ1) is 27.8. The van der Waals surface area contributed by atoms with Crippen molar-refractivity contribution >= 4 is 18.7 Å². The summed E-state index contributed by atoms with van der Waals surface area (Å²) in [6.45, 7) is 9.55. The molecular weight excluding hydrogens is 527 g/mol. The third kappa shape index (κ3) is 4.79. The molecule has 5 nitrogen and oxygen atoms in total. The lowest BCUT2D eigenvalue weighted by molar-refractivity contribution is -0.143. The van der Waals surface area contributed by atoms with E-state index in [0.717, 1.165) is 11.1 Å². The van der Waals surface area contributed by atoms with Crippen LogP contribution in [0.15, 0.2) is 36.4 Å². The fourth-order valence-electron chi connectivity index (χ4n) is 5.55. The highest BCUT2D eigenvalue weighted by molar-refractivity contribution is 6.62. The number of carbonyl (C=O) groups is 1. The number of cyclic esters (lactones) is 1. The molecule has 0 aromatic heterocycles. The standard InChI is InChI=1S/C27H28BF6NO4/c1-14-6-7-19(28-38-24(2,3)25(4,5)39-28)18(10-14)20-8-9-21-22(37-23(36)35(20)21)15-11-16(26(29,30)31)13-17(12-15)27(32,33)34/h6-7,10-13,20-22H,8-9H2,1-5H3/t20-,21-,22+/m0/s1. The Morgan fingerprint density at radius 3 is 1.97 bits per heavy atom. The van der Waals surface area contributed by atoms with Crippen LogP contribution < -0.4 is 5.46 Å².